The van der Waals surface area contributed by atoms with E-state index >= 15 is 0 Å². The van der Waals surface area contributed by atoms with Gasteiger partial charge in [-0.1, -0.05) is 0 Å². The molecule has 28 heavy (non-hydrogen) atoms. The van der Waals surface area contributed by atoms with E-state index < -0.39 is 34.9 Å². The van der Waals surface area contributed by atoms with E-state index in [-0.39, 0.29) is 17.4 Å². The van der Waals surface area contributed by atoms with Gasteiger partial charge in [0.2, 0.25) is 0 Å². The van der Waals surface area contributed by atoms with Crippen molar-refractivity contribution in [1.29, 1.82) is 0 Å². The van der Waals surface area contributed by atoms with Gasteiger partial charge in [-0.2, -0.15) is 8.78 Å². The summed E-state index contributed by atoms with van der Waals surface area (Å²) in [5.41, 5.74) is -0.910. The monoisotopic (exact) mass is 396 g/mol. The third-order valence-electron chi connectivity index (χ3n) is 4.47. The maximum absolute atomic E-state index is 13.2. The number of methoxy groups -OCH3 is 1. The molecule has 150 valence electrons. The van der Waals surface area contributed by atoms with E-state index in [2.05, 4.69) is 4.74 Å². The zero-order valence-electron chi connectivity index (χ0n) is 15.1. The first-order chi connectivity index (χ1) is 13.3. The predicted octanol–water partition coefficient (Wildman–Crippen LogP) is 4.16. The molecule has 1 heterocycles. The number of alkyl halides is 2. The van der Waals surface area contributed by atoms with Crippen LogP contribution in [0.4, 0.5) is 14.5 Å². The van der Waals surface area contributed by atoms with Crippen LogP contribution >= 0.6 is 0 Å². The van der Waals surface area contributed by atoms with E-state index in [1.54, 1.807) is 19.1 Å². The Bertz CT molecular complexity index is 867. The second kappa shape index (κ2) is 7.83. The Labute approximate surface area is 158 Å². The summed E-state index contributed by atoms with van der Waals surface area (Å²) in [6.45, 7) is -1.44. The van der Waals surface area contributed by atoms with Crippen LogP contribution in [0, 0.1) is 10.1 Å². The molecule has 0 bridgehead atoms. The largest absolute Gasteiger partial charge is 0.493 e. The topological polar surface area (TPSA) is 95.0 Å². The van der Waals surface area contributed by atoms with Crippen molar-refractivity contribution < 1.29 is 32.4 Å². The second-order valence-electron chi connectivity index (χ2n) is 6.29. The first-order valence-corrected chi connectivity index (χ1v) is 8.50. The smallest absolute Gasteiger partial charge is 0.387 e. The SMILES string of the molecule is COc1cc(C(=O)N(C2CC2)C(C)c2ccco2)c([N+](=O)[O-])cc1OC(F)F. The molecule has 1 aliphatic rings. The number of ether oxygens (including phenoxy) is 2. The van der Waals surface area contributed by atoms with E-state index in [1.807, 2.05) is 0 Å². The van der Waals surface area contributed by atoms with Gasteiger partial charge in [-0.15, -0.1) is 0 Å². The second-order valence-corrected chi connectivity index (χ2v) is 6.29. The van der Waals surface area contributed by atoms with Gasteiger partial charge in [-0.05, 0) is 31.9 Å². The number of hydrogen-bond acceptors (Lipinski definition) is 6. The third-order valence-corrected chi connectivity index (χ3v) is 4.47. The lowest BCUT2D eigenvalue weighted by molar-refractivity contribution is -0.385. The molecule has 1 aromatic carbocycles. The number of nitrogens with zero attached hydrogens (tertiary/aromatic N) is 2. The molecule has 2 aromatic rings. The highest BCUT2D eigenvalue weighted by Gasteiger charge is 2.40. The average Bonchev–Trinajstić information content (AvgIpc) is 3.32. The fraction of sp³-hybridized carbons (Fsp3) is 0.389. The van der Waals surface area contributed by atoms with Crippen molar-refractivity contribution in [2.24, 2.45) is 0 Å². The number of halogens is 2. The molecule has 1 unspecified atom stereocenters. The number of carbonyl (C=O) groups excluding carboxylic acids is 1. The first-order valence-electron chi connectivity index (χ1n) is 8.50. The van der Waals surface area contributed by atoms with E-state index in [0.29, 0.717) is 5.76 Å². The molecule has 0 N–H and O–H groups in total. The number of hydrogen-bond donors (Lipinski definition) is 0. The minimum Gasteiger partial charge on any atom is -0.493 e. The first kappa shape index (κ1) is 19.6. The van der Waals surface area contributed by atoms with Crippen LogP contribution in [0.15, 0.2) is 34.9 Å². The summed E-state index contributed by atoms with van der Waals surface area (Å²) in [5.74, 6) is -0.791. The van der Waals surface area contributed by atoms with Gasteiger partial charge in [0.15, 0.2) is 11.5 Å². The molecule has 1 amide bonds. The van der Waals surface area contributed by atoms with Crippen molar-refractivity contribution >= 4 is 11.6 Å². The normalized spacial score (nSPS) is 14.6. The zero-order chi connectivity index (χ0) is 20.4. The van der Waals surface area contributed by atoms with Gasteiger partial charge >= 0.3 is 6.61 Å². The van der Waals surface area contributed by atoms with Gasteiger partial charge in [-0.3, -0.25) is 14.9 Å². The number of benzene rings is 1. The lowest BCUT2D eigenvalue weighted by Gasteiger charge is -2.28. The van der Waals surface area contributed by atoms with Crippen LogP contribution < -0.4 is 9.47 Å². The summed E-state index contributed by atoms with van der Waals surface area (Å²) in [6.07, 6.45) is 2.99. The van der Waals surface area contributed by atoms with Crippen LogP contribution in [-0.2, 0) is 0 Å². The Kier molecular flexibility index (Phi) is 5.48. The Morgan fingerprint density at radius 3 is 2.57 bits per heavy atom. The van der Waals surface area contributed by atoms with Gasteiger partial charge in [0.25, 0.3) is 11.6 Å². The summed E-state index contributed by atoms with van der Waals surface area (Å²) in [5, 5.41) is 11.5. The van der Waals surface area contributed by atoms with Crippen LogP contribution in [0.25, 0.3) is 0 Å². The lowest BCUT2D eigenvalue weighted by Crippen LogP contribution is -2.35. The molecule has 1 aliphatic carbocycles. The molecule has 0 saturated heterocycles. The van der Waals surface area contributed by atoms with E-state index in [4.69, 9.17) is 9.15 Å². The molecule has 8 nitrogen and oxygen atoms in total. The standard InChI is InChI=1S/C18H18F2N2O6/c1-10(14-4-3-7-27-14)21(11-5-6-11)17(23)12-8-15(26-2)16(28-18(19)20)9-13(12)22(24)25/h3-4,7-11,18H,5-6H2,1-2H3. The Morgan fingerprint density at radius 1 is 1.36 bits per heavy atom. The van der Waals surface area contributed by atoms with Gasteiger partial charge < -0.3 is 18.8 Å². The fourth-order valence-corrected chi connectivity index (χ4v) is 3.03. The Hall–Kier alpha value is -3.17. The maximum atomic E-state index is 13.2. The predicted molar refractivity (Wildman–Crippen MR) is 92.6 cm³/mol. The number of nitro benzene ring substituents is 1. The van der Waals surface area contributed by atoms with Crippen molar-refractivity contribution in [3.63, 3.8) is 0 Å². The molecule has 10 heteroatoms. The van der Waals surface area contributed by atoms with Gasteiger partial charge in [0, 0.05) is 12.1 Å². The van der Waals surface area contributed by atoms with Crippen LogP contribution in [0.5, 0.6) is 11.5 Å². The molecule has 0 radical (unpaired) electrons. The minimum atomic E-state index is -3.20. The molecule has 0 aliphatic heterocycles. The van der Waals surface area contributed by atoms with E-state index in [1.165, 1.54) is 18.3 Å². The number of amides is 1. The van der Waals surface area contributed by atoms with Crippen molar-refractivity contribution in [3.05, 3.63) is 52.0 Å². The van der Waals surface area contributed by atoms with Crippen LogP contribution in [0.2, 0.25) is 0 Å². The van der Waals surface area contributed by atoms with Crippen molar-refractivity contribution in [2.45, 2.75) is 38.5 Å². The van der Waals surface area contributed by atoms with E-state index in [9.17, 15) is 23.7 Å². The highest BCUT2D eigenvalue weighted by molar-refractivity contribution is 5.99. The highest BCUT2D eigenvalue weighted by atomic mass is 19.3. The van der Waals surface area contributed by atoms with E-state index in [0.717, 1.165) is 25.0 Å². The van der Waals surface area contributed by atoms with Gasteiger partial charge in [-0.25, -0.2) is 0 Å². The van der Waals surface area contributed by atoms with Gasteiger partial charge in [0.05, 0.1) is 30.4 Å². The van der Waals surface area contributed by atoms with Crippen molar-refractivity contribution in [3.8, 4) is 11.5 Å². The number of furan rings is 1. The third kappa shape index (κ3) is 3.90. The average molecular weight is 396 g/mol. The van der Waals surface area contributed by atoms with Crippen molar-refractivity contribution in [1.82, 2.24) is 4.90 Å². The quantitative estimate of drug-likeness (QED) is 0.491. The Morgan fingerprint density at radius 2 is 2.07 bits per heavy atom. The molecule has 0 spiro atoms. The maximum Gasteiger partial charge on any atom is 0.387 e. The molecular weight excluding hydrogens is 378 g/mol. The van der Waals surface area contributed by atoms with Crippen LogP contribution in [-0.4, -0.2) is 35.5 Å². The molecular formula is C18H18F2N2O6. The minimum absolute atomic E-state index is 0.0878. The zero-order valence-corrected chi connectivity index (χ0v) is 15.1. The fourth-order valence-electron chi connectivity index (χ4n) is 3.03. The summed E-state index contributed by atoms with van der Waals surface area (Å²) in [6, 6.07) is 4.68. The molecule has 1 aromatic heterocycles. The van der Waals surface area contributed by atoms with Gasteiger partial charge in [0.1, 0.15) is 11.3 Å². The molecule has 1 saturated carbocycles. The number of rotatable bonds is 8. The molecule has 3 rings (SSSR count). The summed E-state index contributed by atoms with van der Waals surface area (Å²) < 4.78 is 39.8. The highest BCUT2D eigenvalue weighted by Crippen LogP contribution is 2.40. The van der Waals surface area contributed by atoms with Crippen LogP contribution in [0.3, 0.4) is 0 Å². The summed E-state index contributed by atoms with van der Waals surface area (Å²) >= 11 is 0. The summed E-state index contributed by atoms with van der Waals surface area (Å²) in [4.78, 5) is 25.4. The molecule has 1 fully saturated rings. The number of nitro groups is 1. The summed E-state index contributed by atoms with van der Waals surface area (Å²) in [7, 11) is 1.19. The Balaban J connectivity index is 2.04. The number of carbonyl (C=O) groups is 1. The lowest BCUT2D eigenvalue weighted by atomic mass is 10.1. The van der Waals surface area contributed by atoms with Crippen LogP contribution in [0.1, 0.15) is 41.9 Å². The van der Waals surface area contributed by atoms with Crippen molar-refractivity contribution in [2.75, 3.05) is 7.11 Å². The molecule has 1 atom stereocenters.